The number of aromatic nitrogens is 6. The summed E-state index contributed by atoms with van der Waals surface area (Å²) in [5.41, 5.74) is -0.334. The molecule has 1 aromatic carbocycles. The summed E-state index contributed by atoms with van der Waals surface area (Å²) >= 11 is 2.23. The molecular formula is C13H13IN6O. The highest BCUT2D eigenvalue weighted by Crippen LogP contribution is 2.28. The predicted molar refractivity (Wildman–Crippen MR) is 83.2 cm³/mol. The van der Waals surface area contributed by atoms with Crippen LogP contribution in [-0.4, -0.2) is 35.5 Å². The van der Waals surface area contributed by atoms with Crippen LogP contribution >= 0.6 is 22.6 Å². The van der Waals surface area contributed by atoms with Gasteiger partial charge in [-0.05, 0) is 40.3 Å². The van der Waals surface area contributed by atoms with E-state index in [9.17, 15) is 5.11 Å². The van der Waals surface area contributed by atoms with Crippen LogP contribution in [0.1, 0.15) is 17.2 Å². The van der Waals surface area contributed by atoms with Crippen molar-refractivity contribution in [1.82, 2.24) is 30.4 Å². The minimum atomic E-state index is -1.14. The number of benzene rings is 1. The Morgan fingerprint density at radius 2 is 1.48 bits per heavy atom. The van der Waals surface area contributed by atoms with E-state index in [0.717, 1.165) is 9.13 Å². The lowest BCUT2D eigenvalue weighted by atomic mass is 9.86. The summed E-state index contributed by atoms with van der Waals surface area (Å²) in [5, 5.41) is 24.4. The summed E-state index contributed by atoms with van der Waals surface area (Å²) in [4.78, 5) is 8.20. The number of H-pyrrole nitrogens is 2. The molecule has 0 atom stereocenters. The number of halogens is 1. The maximum absolute atomic E-state index is 11.1. The molecule has 0 spiro atoms. The van der Waals surface area contributed by atoms with E-state index in [1.165, 1.54) is 12.7 Å². The molecule has 108 valence electrons. The SMILES string of the molecule is OC(Cc1ncn[nH]1)(Cc1ncn[nH]1)c1ccc(I)cc1. The van der Waals surface area contributed by atoms with Crippen LogP contribution in [0.15, 0.2) is 36.9 Å². The van der Waals surface area contributed by atoms with E-state index >= 15 is 0 Å². The molecule has 0 aliphatic rings. The molecule has 0 aliphatic carbocycles. The first-order valence-corrected chi connectivity index (χ1v) is 7.40. The molecule has 7 nitrogen and oxygen atoms in total. The molecule has 0 bridgehead atoms. The topological polar surface area (TPSA) is 103 Å². The van der Waals surface area contributed by atoms with Gasteiger partial charge in [0.2, 0.25) is 0 Å². The summed E-state index contributed by atoms with van der Waals surface area (Å²) in [6.45, 7) is 0. The average Bonchev–Trinajstić information content (AvgIpc) is 3.13. The summed E-state index contributed by atoms with van der Waals surface area (Å²) in [6, 6.07) is 7.74. The zero-order valence-corrected chi connectivity index (χ0v) is 13.1. The van der Waals surface area contributed by atoms with Gasteiger partial charge in [-0.2, -0.15) is 10.2 Å². The second-order valence-corrected chi connectivity index (χ2v) is 6.00. The summed E-state index contributed by atoms with van der Waals surface area (Å²) < 4.78 is 1.11. The van der Waals surface area contributed by atoms with E-state index in [1.54, 1.807) is 0 Å². The Balaban J connectivity index is 1.94. The molecule has 0 radical (unpaired) electrons. The fourth-order valence-corrected chi connectivity index (χ4v) is 2.57. The smallest absolute Gasteiger partial charge is 0.137 e. The van der Waals surface area contributed by atoms with Crippen molar-refractivity contribution in [3.63, 3.8) is 0 Å². The van der Waals surface area contributed by atoms with Crippen LogP contribution in [0.3, 0.4) is 0 Å². The maximum atomic E-state index is 11.1. The Labute approximate surface area is 134 Å². The lowest BCUT2D eigenvalue weighted by Gasteiger charge is -2.27. The molecule has 2 aromatic heterocycles. The second-order valence-electron chi connectivity index (χ2n) is 4.76. The second kappa shape index (κ2) is 5.90. The zero-order chi connectivity index (χ0) is 14.7. The number of rotatable bonds is 5. The molecule has 3 N–H and O–H groups in total. The summed E-state index contributed by atoms with van der Waals surface area (Å²) in [5.74, 6) is 1.24. The first-order chi connectivity index (χ1) is 10.2. The Bertz CT molecular complexity index is 644. The Morgan fingerprint density at radius 3 is 1.90 bits per heavy atom. The van der Waals surface area contributed by atoms with Crippen LogP contribution < -0.4 is 0 Å². The van der Waals surface area contributed by atoms with Crippen molar-refractivity contribution in [3.8, 4) is 0 Å². The Kier molecular flexibility index (Phi) is 3.97. The standard InChI is InChI=1S/C13H13IN6O/c14-10-3-1-9(2-4-10)13(21,5-11-15-7-17-19-11)6-12-16-8-18-20-12/h1-4,7-8,21H,5-6H2,(H,15,17,19)(H,16,18,20). The van der Waals surface area contributed by atoms with Crippen molar-refractivity contribution in [2.75, 3.05) is 0 Å². The van der Waals surface area contributed by atoms with E-state index in [1.807, 2.05) is 24.3 Å². The minimum Gasteiger partial charge on any atom is -0.384 e. The molecule has 0 unspecified atom stereocenters. The van der Waals surface area contributed by atoms with Crippen molar-refractivity contribution in [2.45, 2.75) is 18.4 Å². The number of hydrogen-bond donors (Lipinski definition) is 3. The average molecular weight is 396 g/mol. The number of nitrogens with zero attached hydrogens (tertiary/aromatic N) is 4. The summed E-state index contributed by atoms with van der Waals surface area (Å²) in [6.07, 6.45) is 3.48. The number of aromatic amines is 2. The molecule has 3 rings (SSSR count). The van der Waals surface area contributed by atoms with Gasteiger partial charge in [-0.1, -0.05) is 12.1 Å². The number of aliphatic hydroxyl groups is 1. The van der Waals surface area contributed by atoms with Gasteiger partial charge in [0, 0.05) is 16.4 Å². The molecule has 3 aromatic rings. The molecule has 0 saturated carbocycles. The molecule has 0 saturated heterocycles. The number of nitrogens with one attached hydrogen (secondary N) is 2. The highest BCUT2D eigenvalue weighted by atomic mass is 127. The third kappa shape index (κ3) is 3.27. The van der Waals surface area contributed by atoms with Crippen LogP contribution in [0.25, 0.3) is 0 Å². The van der Waals surface area contributed by atoms with Gasteiger partial charge in [-0.25, -0.2) is 9.97 Å². The minimum absolute atomic E-state index is 0.314. The maximum Gasteiger partial charge on any atom is 0.137 e. The highest BCUT2D eigenvalue weighted by molar-refractivity contribution is 14.1. The lowest BCUT2D eigenvalue weighted by Crippen LogP contribution is -2.32. The van der Waals surface area contributed by atoms with Gasteiger partial charge in [0.25, 0.3) is 0 Å². The zero-order valence-electron chi connectivity index (χ0n) is 11.0. The number of hydrogen-bond acceptors (Lipinski definition) is 5. The van der Waals surface area contributed by atoms with Crippen LogP contribution in [0.5, 0.6) is 0 Å². The molecule has 2 heterocycles. The Morgan fingerprint density at radius 1 is 0.952 bits per heavy atom. The van der Waals surface area contributed by atoms with Crippen LogP contribution in [0.2, 0.25) is 0 Å². The third-order valence-corrected chi connectivity index (χ3v) is 3.95. The van der Waals surface area contributed by atoms with E-state index in [2.05, 4.69) is 53.0 Å². The quantitative estimate of drug-likeness (QED) is 0.563. The van der Waals surface area contributed by atoms with Crippen molar-refractivity contribution >= 4 is 22.6 Å². The van der Waals surface area contributed by atoms with Gasteiger partial charge in [0.1, 0.15) is 29.9 Å². The van der Waals surface area contributed by atoms with Crippen molar-refractivity contribution in [1.29, 1.82) is 0 Å². The molecule has 0 fully saturated rings. The van der Waals surface area contributed by atoms with Crippen LogP contribution in [-0.2, 0) is 18.4 Å². The fraction of sp³-hybridized carbons (Fsp3) is 0.231. The van der Waals surface area contributed by atoms with E-state index in [4.69, 9.17) is 0 Å². The van der Waals surface area contributed by atoms with Gasteiger partial charge in [0.05, 0.1) is 0 Å². The van der Waals surface area contributed by atoms with Crippen LogP contribution in [0.4, 0.5) is 0 Å². The summed E-state index contributed by atoms with van der Waals surface area (Å²) in [7, 11) is 0. The van der Waals surface area contributed by atoms with Gasteiger partial charge in [-0.15, -0.1) is 0 Å². The molecular weight excluding hydrogens is 383 g/mol. The van der Waals surface area contributed by atoms with Gasteiger partial charge >= 0.3 is 0 Å². The molecule has 0 aliphatic heterocycles. The first kappa shape index (κ1) is 14.1. The molecule has 21 heavy (non-hydrogen) atoms. The van der Waals surface area contributed by atoms with E-state index in [-0.39, 0.29) is 0 Å². The van der Waals surface area contributed by atoms with E-state index in [0.29, 0.717) is 24.5 Å². The molecule has 8 heteroatoms. The first-order valence-electron chi connectivity index (χ1n) is 6.33. The van der Waals surface area contributed by atoms with Gasteiger partial charge < -0.3 is 5.11 Å². The van der Waals surface area contributed by atoms with Gasteiger partial charge in [-0.3, -0.25) is 10.2 Å². The lowest BCUT2D eigenvalue weighted by molar-refractivity contribution is 0.0332. The van der Waals surface area contributed by atoms with Crippen molar-refractivity contribution < 1.29 is 5.11 Å². The third-order valence-electron chi connectivity index (χ3n) is 3.23. The normalized spacial score (nSPS) is 11.7. The van der Waals surface area contributed by atoms with Crippen LogP contribution in [0, 0.1) is 3.57 Å². The predicted octanol–water partition coefficient (Wildman–Crippen LogP) is 1.20. The van der Waals surface area contributed by atoms with Crippen molar-refractivity contribution in [2.24, 2.45) is 0 Å². The molecule has 0 amide bonds. The monoisotopic (exact) mass is 396 g/mol. The van der Waals surface area contributed by atoms with E-state index < -0.39 is 5.60 Å². The van der Waals surface area contributed by atoms with Crippen molar-refractivity contribution in [3.05, 3.63) is 57.7 Å². The highest BCUT2D eigenvalue weighted by Gasteiger charge is 2.32. The van der Waals surface area contributed by atoms with Gasteiger partial charge in [0.15, 0.2) is 0 Å². The largest absolute Gasteiger partial charge is 0.384 e. The Hall–Kier alpha value is -1.81. The fourth-order valence-electron chi connectivity index (χ4n) is 2.21.